The summed E-state index contributed by atoms with van der Waals surface area (Å²) in [5.41, 5.74) is 0. The summed E-state index contributed by atoms with van der Waals surface area (Å²) in [5, 5.41) is 8.60. The molecule has 64 valence electrons. The van der Waals surface area contributed by atoms with E-state index in [2.05, 4.69) is 0 Å². The van der Waals surface area contributed by atoms with Gasteiger partial charge >= 0.3 is 0 Å². The van der Waals surface area contributed by atoms with Crippen LogP contribution in [0.4, 0.5) is 0 Å². The fourth-order valence-corrected chi connectivity index (χ4v) is 1.14. The predicted molar refractivity (Wildman–Crippen MR) is 41.2 cm³/mol. The molecule has 0 radical (unpaired) electrons. The van der Waals surface area contributed by atoms with Gasteiger partial charge in [0.15, 0.2) is 0 Å². The van der Waals surface area contributed by atoms with Crippen molar-refractivity contribution in [2.75, 3.05) is 39.8 Å². The van der Waals surface area contributed by atoms with Gasteiger partial charge in [-0.05, 0) is 0 Å². The molecule has 11 heavy (non-hydrogen) atoms. The Labute approximate surface area is 66.4 Å². The quantitative estimate of drug-likeness (QED) is 0.546. The smallest absolute Gasteiger partial charge is 0.236 e. The Morgan fingerprint density at radius 3 is 2.82 bits per heavy atom. The third kappa shape index (κ3) is 2.17. The largest absolute Gasteiger partial charge is 0.395 e. The van der Waals surface area contributed by atoms with E-state index in [1.165, 1.54) is 0 Å². The van der Waals surface area contributed by atoms with Crippen molar-refractivity contribution in [3.63, 3.8) is 0 Å². The molecule has 1 aliphatic rings. The van der Waals surface area contributed by atoms with E-state index >= 15 is 0 Å². The number of nitrogens with zero attached hydrogens (tertiary/aromatic N) is 2. The molecule has 0 aromatic heterocycles. The van der Waals surface area contributed by atoms with Gasteiger partial charge in [-0.2, -0.15) is 0 Å². The minimum absolute atomic E-state index is 0.136. The number of likely N-dealkylation sites (N-methyl/N-ethyl adjacent to an activating group) is 1. The van der Waals surface area contributed by atoms with E-state index in [9.17, 15) is 4.79 Å². The lowest BCUT2D eigenvalue weighted by Crippen LogP contribution is -2.49. The van der Waals surface area contributed by atoms with E-state index in [0.717, 1.165) is 13.1 Å². The molecule has 1 amide bonds. The van der Waals surface area contributed by atoms with Gasteiger partial charge in [0, 0.05) is 26.7 Å². The lowest BCUT2D eigenvalue weighted by Gasteiger charge is -2.31. The third-order valence-electron chi connectivity index (χ3n) is 1.95. The van der Waals surface area contributed by atoms with Crippen molar-refractivity contribution in [1.29, 1.82) is 0 Å². The third-order valence-corrected chi connectivity index (χ3v) is 1.95. The van der Waals surface area contributed by atoms with Crippen molar-refractivity contribution in [2.45, 2.75) is 0 Å². The lowest BCUT2D eigenvalue weighted by atomic mass is 10.3. The summed E-state index contributed by atoms with van der Waals surface area (Å²) in [4.78, 5) is 14.8. The molecule has 1 saturated heterocycles. The minimum Gasteiger partial charge on any atom is -0.395 e. The van der Waals surface area contributed by atoms with Crippen LogP contribution in [-0.2, 0) is 4.79 Å². The Bertz CT molecular complexity index is 149. The monoisotopic (exact) mass is 158 g/mol. The molecule has 0 spiro atoms. The number of carbonyl (C=O) groups excluding carboxylic acids is 1. The van der Waals surface area contributed by atoms with Gasteiger partial charge < -0.3 is 10.0 Å². The normalized spacial score (nSPS) is 20.9. The van der Waals surface area contributed by atoms with Gasteiger partial charge in [-0.1, -0.05) is 0 Å². The zero-order valence-corrected chi connectivity index (χ0v) is 6.79. The van der Waals surface area contributed by atoms with Gasteiger partial charge in [-0.25, -0.2) is 0 Å². The maximum Gasteiger partial charge on any atom is 0.236 e. The molecule has 0 saturated carbocycles. The first-order valence-corrected chi connectivity index (χ1v) is 3.81. The summed E-state index contributed by atoms with van der Waals surface area (Å²) in [7, 11) is 1.80. The summed E-state index contributed by atoms with van der Waals surface area (Å²) in [6.07, 6.45) is 0. The van der Waals surface area contributed by atoms with Crippen molar-refractivity contribution < 1.29 is 9.90 Å². The fourth-order valence-electron chi connectivity index (χ4n) is 1.14. The van der Waals surface area contributed by atoms with Crippen LogP contribution in [-0.4, -0.2) is 60.6 Å². The molecule has 1 heterocycles. The number of rotatable bonds is 2. The van der Waals surface area contributed by atoms with E-state index in [4.69, 9.17) is 5.11 Å². The Morgan fingerprint density at radius 1 is 1.55 bits per heavy atom. The molecule has 1 N–H and O–H groups in total. The highest BCUT2D eigenvalue weighted by Crippen LogP contribution is 1.98. The Morgan fingerprint density at radius 2 is 2.27 bits per heavy atom. The Hall–Kier alpha value is -0.610. The fraction of sp³-hybridized carbons (Fsp3) is 0.857. The van der Waals surface area contributed by atoms with Crippen LogP contribution in [0.5, 0.6) is 0 Å². The molecule has 0 aromatic rings. The minimum atomic E-state index is 0.136. The van der Waals surface area contributed by atoms with E-state index < -0.39 is 0 Å². The van der Waals surface area contributed by atoms with Crippen LogP contribution in [0.3, 0.4) is 0 Å². The molecular weight excluding hydrogens is 144 g/mol. The number of carbonyl (C=O) groups is 1. The SMILES string of the molecule is CN1CCN(CCO)CC1=O. The second kappa shape index (κ2) is 3.69. The molecule has 1 rings (SSSR count). The summed E-state index contributed by atoms with van der Waals surface area (Å²) in [6.45, 7) is 2.86. The van der Waals surface area contributed by atoms with Crippen LogP contribution in [0.2, 0.25) is 0 Å². The van der Waals surface area contributed by atoms with Crippen molar-refractivity contribution in [2.24, 2.45) is 0 Å². The highest BCUT2D eigenvalue weighted by atomic mass is 16.3. The molecule has 0 bridgehead atoms. The summed E-state index contributed by atoms with van der Waals surface area (Å²) in [5.74, 6) is 0.143. The average Bonchev–Trinajstić information content (AvgIpc) is 1.98. The number of hydrogen-bond acceptors (Lipinski definition) is 3. The number of hydrogen-bond donors (Lipinski definition) is 1. The van der Waals surface area contributed by atoms with Gasteiger partial charge in [0.25, 0.3) is 0 Å². The number of aliphatic hydroxyl groups excluding tert-OH is 1. The van der Waals surface area contributed by atoms with Crippen molar-refractivity contribution in [3.05, 3.63) is 0 Å². The molecule has 0 aliphatic carbocycles. The molecule has 4 nitrogen and oxygen atoms in total. The number of β-amino-alcohol motifs (C(OH)–C–C–N with tert-alkyl or cyclic N) is 1. The van der Waals surface area contributed by atoms with E-state index in [0.29, 0.717) is 13.1 Å². The van der Waals surface area contributed by atoms with Crippen molar-refractivity contribution in [1.82, 2.24) is 9.80 Å². The molecule has 0 unspecified atom stereocenters. The highest BCUT2D eigenvalue weighted by Gasteiger charge is 2.19. The predicted octanol–water partition coefficient (Wildman–Crippen LogP) is -1.25. The van der Waals surface area contributed by atoms with Crippen molar-refractivity contribution in [3.8, 4) is 0 Å². The second-order valence-electron chi connectivity index (χ2n) is 2.82. The molecular formula is C7H14N2O2. The highest BCUT2D eigenvalue weighted by molar-refractivity contribution is 5.78. The zero-order chi connectivity index (χ0) is 8.27. The van der Waals surface area contributed by atoms with Crippen LogP contribution >= 0.6 is 0 Å². The second-order valence-corrected chi connectivity index (χ2v) is 2.82. The maximum absolute atomic E-state index is 11.1. The Kier molecular flexibility index (Phi) is 2.84. The zero-order valence-electron chi connectivity index (χ0n) is 6.79. The van der Waals surface area contributed by atoms with Crippen LogP contribution in [0.1, 0.15) is 0 Å². The van der Waals surface area contributed by atoms with Gasteiger partial charge in [-0.15, -0.1) is 0 Å². The van der Waals surface area contributed by atoms with Gasteiger partial charge in [0.1, 0.15) is 0 Å². The summed E-state index contributed by atoms with van der Waals surface area (Å²) >= 11 is 0. The number of aliphatic hydroxyl groups is 1. The molecule has 4 heteroatoms. The standard InChI is InChI=1S/C7H14N2O2/c1-8-2-3-9(4-5-10)6-7(8)11/h10H,2-6H2,1H3. The Balaban J connectivity index is 2.34. The number of piperazine rings is 1. The lowest BCUT2D eigenvalue weighted by molar-refractivity contribution is -0.134. The topological polar surface area (TPSA) is 43.8 Å². The molecule has 1 aliphatic heterocycles. The van der Waals surface area contributed by atoms with Crippen LogP contribution in [0.25, 0.3) is 0 Å². The molecule has 1 fully saturated rings. The van der Waals surface area contributed by atoms with Gasteiger partial charge in [0.2, 0.25) is 5.91 Å². The van der Waals surface area contributed by atoms with E-state index in [-0.39, 0.29) is 12.5 Å². The summed E-state index contributed by atoms with van der Waals surface area (Å²) in [6, 6.07) is 0. The maximum atomic E-state index is 11.1. The van der Waals surface area contributed by atoms with Crippen molar-refractivity contribution >= 4 is 5.91 Å². The molecule has 0 aromatic carbocycles. The first-order valence-electron chi connectivity index (χ1n) is 3.81. The first kappa shape index (κ1) is 8.49. The van der Waals surface area contributed by atoms with Gasteiger partial charge in [-0.3, -0.25) is 9.69 Å². The number of amides is 1. The van der Waals surface area contributed by atoms with E-state index in [1.54, 1.807) is 11.9 Å². The van der Waals surface area contributed by atoms with Gasteiger partial charge in [0.05, 0.1) is 13.2 Å². The van der Waals surface area contributed by atoms with Crippen LogP contribution in [0, 0.1) is 0 Å². The molecule has 0 atom stereocenters. The van der Waals surface area contributed by atoms with Crippen LogP contribution in [0.15, 0.2) is 0 Å². The first-order chi connectivity index (χ1) is 5.24. The summed E-state index contributed by atoms with van der Waals surface area (Å²) < 4.78 is 0. The van der Waals surface area contributed by atoms with Crippen LogP contribution < -0.4 is 0 Å². The average molecular weight is 158 g/mol. The van der Waals surface area contributed by atoms with E-state index in [1.807, 2.05) is 4.90 Å².